The van der Waals surface area contributed by atoms with Crippen molar-refractivity contribution in [2.24, 2.45) is 7.05 Å². The lowest BCUT2D eigenvalue weighted by molar-refractivity contribution is -0.115. The van der Waals surface area contributed by atoms with Crippen LogP contribution in [0.25, 0.3) is 0 Å². The molecule has 10 nitrogen and oxygen atoms in total. The summed E-state index contributed by atoms with van der Waals surface area (Å²) in [6.07, 6.45) is 4.71. The number of aromatic nitrogens is 4. The number of carbonyl (C=O) groups excluding carboxylic acids is 2. The summed E-state index contributed by atoms with van der Waals surface area (Å²) in [5.41, 5.74) is 1.64. The average Bonchev–Trinajstić information content (AvgIpc) is 3.41. The third kappa shape index (κ3) is 5.52. The predicted octanol–water partition coefficient (Wildman–Crippen LogP) is 2.49. The van der Waals surface area contributed by atoms with Crippen molar-refractivity contribution in [1.82, 2.24) is 25.3 Å². The average molecular weight is 418 g/mol. The van der Waals surface area contributed by atoms with Crippen LogP contribution in [0.4, 0.5) is 10.6 Å². The molecular formula is C20H30N6O4. The minimum atomic E-state index is -0.363. The molecule has 1 aliphatic rings. The number of amides is 2. The summed E-state index contributed by atoms with van der Waals surface area (Å²) in [5.74, 6) is 0.915. The van der Waals surface area contributed by atoms with Crippen LogP contribution in [0, 0.1) is 0 Å². The third-order valence-corrected chi connectivity index (χ3v) is 5.35. The van der Waals surface area contributed by atoms with E-state index in [1.54, 1.807) is 17.9 Å². The van der Waals surface area contributed by atoms with Crippen LogP contribution in [-0.2, 0) is 23.0 Å². The lowest BCUT2D eigenvalue weighted by Crippen LogP contribution is -2.34. The SMILES string of the molecule is CC[C@H](C)NC(=O)O[C@@H]1CC[C@H](c2cc(NC(=O)Cc3cn(C)nc3OC)n[nH]2)C1. The van der Waals surface area contributed by atoms with E-state index in [2.05, 4.69) is 25.9 Å². The minimum Gasteiger partial charge on any atom is -0.480 e. The molecule has 0 spiro atoms. The molecular weight excluding hydrogens is 388 g/mol. The molecule has 3 N–H and O–H groups in total. The van der Waals surface area contributed by atoms with Gasteiger partial charge in [-0.25, -0.2) is 4.79 Å². The molecule has 164 valence electrons. The van der Waals surface area contributed by atoms with Crippen molar-refractivity contribution < 1.29 is 19.1 Å². The van der Waals surface area contributed by atoms with E-state index in [4.69, 9.17) is 9.47 Å². The Labute approximate surface area is 175 Å². The molecule has 30 heavy (non-hydrogen) atoms. The predicted molar refractivity (Wildman–Crippen MR) is 110 cm³/mol. The van der Waals surface area contributed by atoms with E-state index in [9.17, 15) is 9.59 Å². The van der Waals surface area contributed by atoms with Crippen LogP contribution < -0.4 is 15.4 Å². The first-order chi connectivity index (χ1) is 14.4. The number of hydrogen-bond acceptors (Lipinski definition) is 6. The zero-order chi connectivity index (χ0) is 21.7. The molecule has 0 radical (unpaired) electrons. The number of carbonyl (C=O) groups is 2. The number of nitrogens with one attached hydrogen (secondary N) is 3. The van der Waals surface area contributed by atoms with Gasteiger partial charge in [0.2, 0.25) is 11.8 Å². The Hall–Kier alpha value is -3.04. The minimum absolute atomic E-state index is 0.0973. The van der Waals surface area contributed by atoms with Gasteiger partial charge >= 0.3 is 6.09 Å². The number of anilines is 1. The molecule has 1 saturated carbocycles. The van der Waals surface area contributed by atoms with E-state index < -0.39 is 0 Å². The number of alkyl carbamates (subject to hydrolysis) is 1. The molecule has 0 bridgehead atoms. The van der Waals surface area contributed by atoms with Crippen molar-refractivity contribution in [2.45, 2.75) is 64.0 Å². The summed E-state index contributed by atoms with van der Waals surface area (Å²) in [6.45, 7) is 3.96. The maximum absolute atomic E-state index is 12.4. The first-order valence-corrected chi connectivity index (χ1v) is 10.3. The highest BCUT2D eigenvalue weighted by Gasteiger charge is 2.30. The Morgan fingerprint density at radius 1 is 1.40 bits per heavy atom. The monoisotopic (exact) mass is 418 g/mol. The van der Waals surface area contributed by atoms with Crippen molar-refractivity contribution in [2.75, 3.05) is 12.4 Å². The Kier molecular flexibility index (Phi) is 6.96. The van der Waals surface area contributed by atoms with E-state index in [0.29, 0.717) is 17.3 Å². The second-order valence-corrected chi connectivity index (χ2v) is 7.76. The molecule has 0 aliphatic heterocycles. The van der Waals surface area contributed by atoms with Crippen molar-refractivity contribution >= 4 is 17.8 Å². The zero-order valence-corrected chi connectivity index (χ0v) is 17.9. The topological polar surface area (TPSA) is 123 Å². The molecule has 1 aliphatic carbocycles. The van der Waals surface area contributed by atoms with Gasteiger partial charge in [-0.1, -0.05) is 6.92 Å². The van der Waals surface area contributed by atoms with Gasteiger partial charge in [0.25, 0.3) is 0 Å². The van der Waals surface area contributed by atoms with Crippen molar-refractivity contribution in [3.8, 4) is 5.88 Å². The van der Waals surface area contributed by atoms with Gasteiger partial charge in [0.15, 0.2) is 5.82 Å². The van der Waals surface area contributed by atoms with Crippen LogP contribution in [0.2, 0.25) is 0 Å². The van der Waals surface area contributed by atoms with E-state index in [1.807, 2.05) is 19.9 Å². The Morgan fingerprint density at radius 3 is 2.93 bits per heavy atom. The summed E-state index contributed by atoms with van der Waals surface area (Å²) in [7, 11) is 3.30. The fourth-order valence-electron chi connectivity index (χ4n) is 3.60. The Morgan fingerprint density at radius 2 is 2.20 bits per heavy atom. The first-order valence-electron chi connectivity index (χ1n) is 10.3. The lowest BCUT2D eigenvalue weighted by Gasteiger charge is -2.16. The summed E-state index contributed by atoms with van der Waals surface area (Å²) < 4.78 is 12.3. The van der Waals surface area contributed by atoms with Gasteiger partial charge in [0.1, 0.15) is 6.10 Å². The van der Waals surface area contributed by atoms with Crippen LogP contribution in [0.1, 0.15) is 56.7 Å². The van der Waals surface area contributed by atoms with Crippen LogP contribution >= 0.6 is 0 Å². The first kappa shape index (κ1) is 21.7. The highest BCUT2D eigenvalue weighted by molar-refractivity contribution is 5.91. The molecule has 3 rings (SSSR count). The van der Waals surface area contributed by atoms with E-state index in [0.717, 1.165) is 31.4 Å². The molecule has 0 saturated heterocycles. The number of rotatable bonds is 8. The maximum Gasteiger partial charge on any atom is 0.407 e. The number of aromatic amines is 1. The Balaban J connectivity index is 1.50. The molecule has 0 unspecified atom stereocenters. The zero-order valence-electron chi connectivity index (χ0n) is 17.9. The van der Waals surface area contributed by atoms with E-state index >= 15 is 0 Å². The van der Waals surface area contributed by atoms with Crippen molar-refractivity contribution in [3.63, 3.8) is 0 Å². The second-order valence-electron chi connectivity index (χ2n) is 7.76. The summed E-state index contributed by atoms with van der Waals surface area (Å²) in [5, 5.41) is 17.0. The number of aryl methyl sites for hydroxylation is 1. The van der Waals surface area contributed by atoms with Gasteiger partial charge in [-0.2, -0.15) is 5.10 Å². The Bertz CT molecular complexity index is 877. The third-order valence-electron chi connectivity index (χ3n) is 5.35. The number of hydrogen-bond donors (Lipinski definition) is 3. The van der Waals surface area contributed by atoms with Crippen LogP contribution in [0.3, 0.4) is 0 Å². The number of methoxy groups -OCH3 is 1. The lowest BCUT2D eigenvalue weighted by atomic mass is 10.0. The number of H-pyrrole nitrogens is 1. The number of ether oxygens (including phenoxy) is 2. The summed E-state index contributed by atoms with van der Waals surface area (Å²) in [4.78, 5) is 24.3. The largest absolute Gasteiger partial charge is 0.480 e. The van der Waals surface area contributed by atoms with Crippen LogP contribution in [0.5, 0.6) is 5.88 Å². The molecule has 2 amide bonds. The molecule has 0 aromatic carbocycles. The molecule has 3 atom stereocenters. The fourth-order valence-corrected chi connectivity index (χ4v) is 3.60. The van der Waals surface area contributed by atoms with E-state index in [-0.39, 0.29) is 36.5 Å². The number of nitrogens with zero attached hydrogens (tertiary/aromatic N) is 3. The van der Waals surface area contributed by atoms with Gasteiger partial charge in [-0.3, -0.25) is 14.6 Å². The van der Waals surface area contributed by atoms with Gasteiger partial charge in [0, 0.05) is 42.5 Å². The summed E-state index contributed by atoms with van der Waals surface area (Å²) in [6, 6.07) is 1.94. The van der Waals surface area contributed by atoms with Crippen LogP contribution in [0.15, 0.2) is 12.3 Å². The molecule has 10 heteroatoms. The molecule has 2 aromatic rings. The van der Waals surface area contributed by atoms with Gasteiger partial charge in [0.05, 0.1) is 13.5 Å². The van der Waals surface area contributed by atoms with Crippen molar-refractivity contribution in [3.05, 3.63) is 23.5 Å². The van der Waals surface area contributed by atoms with Crippen LogP contribution in [-0.4, -0.2) is 51.2 Å². The van der Waals surface area contributed by atoms with Gasteiger partial charge in [-0.05, 0) is 32.6 Å². The standard InChI is InChI=1S/C20H30N6O4/c1-5-12(2)21-20(28)30-15-7-6-13(8-15)16-10-17(24-23-16)22-18(27)9-14-11-26(3)25-19(14)29-4/h10-13,15H,5-9H2,1-4H3,(H,21,28)(H2,22,23,24,27)/t12-,13-,15+/m0/s1. The normalized spacial score (nSPS) is 19.3. The highest BCUT2D eigenvalue weighted by Crippen LogP contribution is 2.35. The van der Waals surface area contributed by atoms with Crippen molar-refractivity contribution in [1.29, 1.82) is 0 Å². The molecule has 2 aromatic heterocycles. The van der Waals surface area contributed by atoms with Gasteiger partial charge in [-0.15, -0.1) is 5.10 Å². The summed E-state index contributed by atoms with van der Waals surface area (Å²) >= 11 is 0. The quantitative estimate of drug-likeness (QED) is 0.605. The molecule has 2 heterocycles. The fraction of sp³-hybridized carbons (Fsp3) is 0.600. The second kappa shape index (κ2) is 9.64. The smallest absolute Gasteiger partial charge is 0.407 e. The maximum atomic E-state index is 12.4. The van der Waals surface area contributed by atoms with E-state index in [1.165, 1.54) is 7.11 Å². The van der Waals surface area contributed by atoms with Gasteiger partial charge < -0.3 is 20.1 Å². The molecule has 1 fully saturated rings. The highest BCUT2D eigenvalue weighted by atomic mass is 16.6.